The van der Waals surface area contributed by atoms with E-state index in [0.717, 1.165) is 110 Å². The van der Waals surface area contributed by atoms with Gasteiger partial charge in [-0.05, 0) is 97.6 Å². The zero-order valence-corrected chi connectivity index (χ0v) is 26.7. The van der Waals surface area contributed by atoms with E-state index >= 15 is 0 Å². The monoisotopic (exact) mass is 582 g/mol. The van der Waals surface area contributed by atoms with Crippen molar-refractivity contribution < 1.29 is 29.3 Å². The number of phenolic OH excluding ortho intramolecular Hbond substituents is 2. The highest BCUT2D eigenvalue weighted by atomic mass is 16.7. The summed E-state index contributed by atoms with van der Waals surface area (Å²) < 4.78 is 10.8. The molecule has 0 aliphatic rings. The number of rotatable bonds is 20. The van der Waals surface area contributed by atoms with E-state index in [-0.39, 0.29) is 12.8 Å². The first kappa shape index (κ1) is 35.2. The Bertz CT molecular complexity index is 976. The minimum atomic E-state index is -0.968. The molecule has 0 atom stereocenters. The number of aryl methyl sites for hydroxylation is 6. The second-order valence-corrected chi connectivity index (χ2v) is 11.5. The van der Waals surface area contributed by atoms with Gasteiger partial charge in [0.1, 0.15) is 11.5 Å². The van der Waals surface area contributed by atoms with Crippen LogP contribution in [0, 0.1) is 0 Å². The van der Waals surface area contributed by atoms with Crippen molar-refractivity contribution in [3.8, 4) is 11.5 Å². The number of hydrogen-bond acceptors (Lipinski definition) is 6. The molecule has 2 aromatic carbocycles. The first-order valence-corrected chi connectivity index (χ1v) is 16.3. The highest BCUT2D eigenvalue weighted by molar-refractivity contribution is 5.72. The molecule has 2 rings (SSSR count). The van der Waals surface area contributed by atoms with Crippen LogP contribution in [0.3, 0.4) is 0 Å². The Morgan fingerprint density at radius 3 is 1.12 bits per heavy atom. The predicted octanol–water partition coefficient (Wildman–Crippen LogP) is 8.47. The Morgan fingerprint density at radius 1 is 0.571 bits per heavy atom. The molecule has 0 aliphatic heterocycles. The maximum atomic E-state index is 12.6. The topological polar surface area (TPSA) is 93.1 Å². The van der Waals surface area contributed by atoms with Crippen LogP contribution in [-0.2, 0) is 57.6 Å². The molecule has 6 nitrogen and oxygen atoms in total. The van der Waals surface area contributed by atoms with Gasteiger partial charge in [0.25, 0.3) is 0 Å². The smallest absolute Gasteiger partial charge is 0.309 e. The summed E-state index contributed by atoms with van der Waals surface area (Å²) in [6.45, 7) is 10.1. The number of carbonyl (C=O) groups excluding carboxylic acids is 2. The summed E-state index contributed by atoms with van der Waals surface area (Å²) in [5, 5.41) is 21.4. The quantitative estimate of drug-likeness (QED) is 0.120. The standard InChI is InChI=1S/C36H54O6/c1-6-10-14-29-22-27(23-30(35(29)39)15-11-7-2)18-20-33(37)41-26(5)42-34(38)21-19-28-24-31(16-12-8-3)36(40)32(25-28)17-13-9-4/h22-26,39-40H,6-21H2,1-5H3. The van der Waals surface area contributed by atoms with Crippen LogP contribution in [0.2, 0.25) is 0 Å². The van der Waals surface area contributed by atoms with E-state index in [1.54, 1.807) is 6.92 Å². The van der Waals surface area contributed by atoms with Crippen molar-refractivity contribution in [1.82, 2.24) is 0 Å². The molecule has 0 fully saturated rings. The maximum absolute atomic E-state index is 12.6. The number of hydrogen-bond donors (Lipinski definition) is 2. The lowest BCUT2D eigenvalue weighted by Gasteiger charge is -2.16. The van der Waals surface area contributed by atoms with Gasteiger partial charge >= 0.3 is 11.9 Å². The Labute approximate surface area is 253 Å². The van der Waals surface area contributed by atoms with Crippen molar-refractivity contribution >= 4 is 11.9 Å². The maximum Gasteiger partial charge on any atom is 0.309 e. The molecule has 0 radical (unpaired) electrons. The molecular formula is C36H54O6. The highest BCUT2D eigenvalue weighted by Gasteiger charge is 2.17. The molecule has 6 heteroatoms. The normalized spacial score (nSPS) is 11.2. The van der Waals surface area contributed by atoms with Crippen molar-refractivity contribution in [3.05, 3.63) is 57.6 Å². The number of unbranched alkanes of at least 4 members (excludes halogenated alkanes) is 4. The van der Waals surface area contributed by atoms with Crippen LogP contribution in [0.5, 0.6) is 11.5 Å². The molecule has 0 aliphatic carbocycles. The zero-order valence-electron chi connectivity index (χ0n) is 26.7. The zero-order chi connectivity index (χ0) is 30.9. The van der Waals surface area contributed by atoms with E-state index < -0.39 is 18.2 Å². The lowest BCUT2D eigenvalue weighted by atomic mass is 9.95. The van der Waals surface area contributed by atoms with Crippen molar-refractivity contribution in [1.29, 1.82) is 0 Å². The van der Waals surface area contributed by atoms with Gasteiger partial charge in [0.2, 0.25) is 6.29 Å². The lowest BCUT2D eigenvalue weighted by molar-refractivity contribution is -0.184. The molecule has 0 unspecified atom stereocenters. The SMILES string of the molecule is CCCCc1cc(CCC(=O)OC(C)OC(=O)CCc2cc(CCCC)c(O)c(CCCC)c2)cc(CCCC)c1O. The molecule has 0 saturated carbocycles. The molecule has 0 spiro atoms. The largest absolute Gasteiger partial charge is 0.507 e. The number of esters is 2. The van der Waals surface area contributed by atoms with Gasteiger partial charge in [0.15, 0.2) is 0 Å². The Kier molecular flexibility index (Phi) is 16.1. The summed E-state index contributed by atoms with van der Waals surface area (Å²) in [5.41, 5.74) is 5.80. The van der Waals surface area contributed by atoms with Gasteiger partial charge in [-0.15, -0.1) is 0 Å². The lowest BCUT2D eigenvalue weighted by Crippen LogP contribution is -2.22. The average Bonchev–Trinajstić information content (AvgIpc) is 2.97. The third kappa shape index (κ3) is 12.1. The van der Waals surface area contributed by atoms with Crippen molar-refractivity contribution in [2.75, 3.05) is 0 Å². The second-order valence-electron chi connectivity index (χ2n) is 11.5. The van der Waals surface area contributed by atoms with Gasteiger partial charge in [-0.3, -0.25) is 9.59 Å². The molecule has 0 bridgehead atoms. The van der Waals surface area contributed by atoms with E-state index in [4.69, 9.17) is 9.47 Å². The molecular weight excluding hydrogens is 528 g/mol. The summed E-state index contributed by atoms with van der Waals surface area (Å²) >= 11 is 0. The number of benzene rings is 2. The van der Waals surface area contributed by atoms with E-state index in [1.807, 2.05) is 24.3 Å². The third-order valence-corrected chi connectivity index (χ3v) is 7.68. The molecule has 0 amide bonds. The van der Waals surface area contributed by atoms with E-state index in [1.165, 1.54) is 0 Å². The van der Waals surface area contributed by atoms with Gasteiger partial charge < -0.3 is 19.7 Å². The third-order valence-electron chi connectivity index (χ3n) is 7.68. The molecule has 0 saturated heterocycles. The summed E-state index contributed by atoms with van der Waals surface area (Å²) in [6, 6.07) is 8.01. The molecule has 2 aromatic rings. The molecule has 0 heterocycles. The predicted molar refractivity (Wildman–Crippen MR) is 169 cm³/mol. The van der Waals surface area contributed by atoms with Gasteiger partial charge in [-0.2, -0.15) is 0 Å². The Morgan fingerprint density at radius 2 is 0.857 bits per heavy atom. The van der Waals surface area contributed by atoms with Crippen LogP contribution in [-0.4, -0.2) is 28.4 Å². The fourth-order valence-electron chi connectivity index (χ4n) is 5.19. The van der Waals surface area contributed by atoms with Gasteiger partial charge in [-0.25, -0.2) is 0 Å². The minimum Gasteiger partial charge on any atom is -0.507 e. The highest BCUT2D eigenvalue weighted by Crippen LogP contribution is 2.30. The fourth-order valence-corrected chi connectivity index (χ4v) is 5.19. The summed E-state index contributed by atoms with van der Waals surface area (Å²) in [7, 11) is 0. The summed E-state index contributed by atoms with van der Waals surface area (Å²) in [5.74, 6) is -0.0580. The number of phenols is 2. The summed E-state index contributed by atoms with van der Waals surface area (Å²) in [4.78, 5) is 25.1. The van der Waals surface area contributed by atoms with E-state index in [2.05, 4.69) is 27.7 Å². The van der Waals surface area contributed by atoms with Crippen LogP contribution in [0.4, 0.5) is 0 Å². The number of aromatic hydroxyl groups is 2. The summed E-state index contributed by atoms with van der Waals surface area (Å²) in [6.07, 6.45) is 11.8. The van der Waals surface area contributed by atoms with E-state index in [9.17, 15) is 19.8 Å². The van der Waals surface area contributed by atoms with E-state index in [0.29, 0.717) is 24.3 Å². The first-order chi connectivity index (χ1) is 20.2. The van der Waals surface area contributed by atoms with Crippen molar-refractivity contribution in [3.63, 3.8) is 0 Å². The van der Waals surface area contributed by atoms with Crippen LogP contribution < -0.4 is 0 Å². The van der Waals surface area contributed by atoms with Crippen molar-refractivity contribution in [2.24, 2.45) is 0 Å². The molecule has 42 heavy (non-hydrogen) atoms. The molecule has 2 N–H and O–H groups in total. The second kappa shape index (κ2) is 19.2. The Balaban J connectivity index is 1.91. The van der Waals surface area contributed by atoms with Crippen LogP contribution in [0.1, 0.15) is 132 Å². The number of carbonyl (C=O) groups is 2. The van der Waals surface area contributed by atoms with Crippen LogP contribution in [0.15, 0.2) is 24.3 Å². The van der Waals surface area contributed by atoms with Crippen molar-refractivity contribution in [2.45, 2.75) is 144 Å². The van der Waals surface area contributed by atoms with Gasteiger partial charge in [0, 0.05) is 19.8 Å². The minimum absolute atomic E-state index is 0.168. The van der Waals surface area contributed by atoms with Gasteiger partial charge in [0.05, 0.1) is 0 Å². The fraction of sp³-hybridized carbons (Fsp3) is 0.611. The number of ether oxygens (including phenoxy) is 2. The molecule has 234 valence electrons. The Hall–Kier alpha value is -3.02. The molecule has 0 aromatic heterocycles. The van der Waals surface area contributed by atoms with Gasteiger partial charge in [-0.1, -0.05) is 77.6 Å². The first-order valence-electron chi connectivity index (χ1n) is 16.3. The van der Waals surface area contributed by atoms with Crippen LogP contribution in [0.25, 0.3) is 0 Å². The average molecular weight is 583 g/mol. The van der Waals surface area contributed by atoms with Crippen LogP contribution >= 0.6 is 0 Å².